The van der Waals surface area contributed by atoms with Crippen molar-refractivity contribution >= 4 is 17.6 Å². The van der Waals surface area contributed by atoms with Gasteiger partial charge in [0.1, 0.15) is 12.2 Å². The molecule has 3 aliphatic rings. The Labute approximate surface area is 205 Å². The standard InChI is InChI=1S/C25H28F5N3O3/c1-3-24(4-2)11-33(12-24)23-32-20(19(36-23)10-25(28,29)30)22(34)31-15-8-17(26)21(18(27)9-15)35-16-6-13-5-14(13)7-16/h8-9,13-14,16H,3-7,10-12H2,1-2H3,(H,31,34)/t13-,14?,16?/m1/s1. The average Bonchev–Trinajstić information content (AvgIpc) is 3.17. The zero-order valence-electron chi connectivity index (χ0n) is 20.1. The van der Waals surface area contributed by atoms with E-state index in [2.05, 4.69) is 10.3 Å². The van der Waals surface area contributed by atoms with Crippen LogP contribution < -0.4 is 15.0 Å². The maximum Gasteiger partial charge on any atom is 0.396 e. The smallest absolute Gasteiger partial charge is 0.396 e. The van der Waals surface area contributed by atoms with Crippen LogP contribution in [0.15, 0.2) is 16.5 Å². The van der Waals surface area contributed by atoms with Gasteiger partial charge in [-0.25, -0.2) is 8.78 Å². The van der Waals surface area contributed by atoms with Gasteiger partial charge in [-0.15, -0.1) is 0 Å². The van der Waals surface area contributed by atoms with E-state index in [9.17, 15) is 26.7 Å². The molecule has 0 radical (unpaired) electrons. The highest BCUT2D eigenvalue weighted by atomic mass is 19.4. The van der Waals surface area contributed by atoms with E-state index in [0.717, 1.165) is 44.2 Å². The minimum atomic E-state index is -4.64. The molecule has 1 aliphatic heterocycles. The maximum absolute atomic E-state index is 14.6. The Bertz CT molecular complexity index is 1120. The molecule has 2 aromatic rings. The van der Waals surface area contributed by atoms with Crippen molar-refractivity contribution in [2.45, 2.75) is 64.7 Å². The van der Waals surface area contributed by atoms with E-state index in [0.29, 0.717) is 24.9 Å². The average molecular weight is 514 g/mol. The second kappa shape index (κ2) is 8.92. The molecule has 3 atom stereocenters. The number of nitrogens with one attached hydrogen (secondary N) is 1. The summed E-state index contributed by atoms with van der Waals surface area (Å²) in [6, 6.07) is 1.68. The zero-order valence-corrected chi connectivity index (χ0v) is 20.1. The molecule has 1 aromatic heterocycles. The number of ether oxygens (including phenoxy) is 1. The molecule has 2 heterocycles. The lowest BCUT2D eigenvalue weighted by atomic mass is 9.75. The van der Waals surface area contributed by atoms with Gasteiger partial charge in [-0.3, -0.25) is 4.79 Å². The van der Waals surface area contributed by atoms with Crippen LogP contribution in [0.2, 0.25) is 0 Å². The number of halogens is 5. The number of carbonyl (C=O) groups excluding carboxylic acids is 1. The highest BCUT2D eigenvalue weighted by Gasteiger charge is 2.47. The number of carbonyl (C=O) groups is 1. The fraction of sp³-hybridized carbons (Fsp3) is 0.600. The molecule has 11 heteroatoms. The summed E-state index contributed by atoms with van der Waals surface area (Å²) in [7, 11) is 0. The summed E-state index contributed by atoms with van der Waals surface area (Å²) in [5, 5.41) is 2.25. The Hall–Kier alpha value is -2.85. The first-order valence-electron chi connectivity index (χ1n) is 12.3. The van der Waals surface area contributed by atoms with Crippen LogP contribution in [0.25, 0.3) is 0 Å². The molecule has 2 aliphatic carbocycles. The van der Waals surface area contributed by atoms with Crippen LogP contribution in [0, 0.1) is 28.9 Å². The van der Waals surface area contributed by atoms with E-state index in [1.807, 2.05) is 13.8 Å². The maximum atomic E-state index is 14.6. The molecule has 196 valence electrons. The third kappa shape index (κ3) is 4.88. The van der Waals surface area contributed by atoms with Gasteiger partial charge in [0.15, 0.2) is 23.1 Å². The van der Waals surface area contributed by atoms with E-state index in [1.165, 1.54) is 0 Å². The van der Waals surface area contributed by atoms with Gasteiger partial charge in [0.2, 0.25) is 0 Å². The summed E-state index contributed by atoms with van der Waals surface area (Å²) in [4.78, 5) is 18.5. The number of fused-ring (bicyclic) bond motifs is 1. The van der Waals surface area contributed by atoms with Crippen molar-refractivity contribution < 1.29 is 35.9 Å². The molecule has 1 saturated heterocycles. The molecule has 2 unspecified atom stereocenters. The molecule has 0 bridgehead atoms. The van der Waals surface area contributed by atoms with Crippen LogP contribution in [0.5, 0.6) is 5.75 Å². The first-order valence-corrected chi connectivity index (χ1v) is 12.3. The number of hydrogen-bond donors (Lipinski definition) is 1. The van der Waals surface area contributed by atoms with Gasteiger partial charge in [0, 0.05) is 36.3 Å². The number of rotatable bonds is 8. The number of alkyl halides is 3. The second-order valence-electron chi connectivity index (χ2n) is 10.3. The number of benzene rings is 1. The first kappa shape index (κ1) is 24.8. The Balaban J connectivity index is 1.32. The molecule has 5 rings (SSSR count). The lowest BCUT2D eigenvalue weighted by Crippen LogP contribution is -2.56. The molecule has 0 spiro atoms. The highest BCUT2D eigenvalue weighted by molar-refractivity contribution is 6.03. The predicted molar refractivity (Wildman–Crippen MR) is 121 cm³/mol. The number of oxazole rings is 1. The van der Waals surface area contributed by atoms with Gasteiger partial charge in [-0.2, -0.15) is 18.2 Å². The van der Waals surface area contributed by atoms with Gasteiger partial charge in [0.05, 0.1) is 6.10 Å². The van der Waals surface area contributed by atoms with Gasteiger partial charge >= 0.3 is 6.18 Å². The van der Waals surface area contributed by atoms with E-state index >= 15 is 0 Å². The largest absolute Gasteiger partial charge is 0.484 e. The van der Waals surface area contributed by atoms with Crippen molar-refractivity contribution in [2.24, 2.45) is 17.3 Å². The van der Waals surface area contributed by atoms with Gasteiger partial charge in [-0.1, -0.05) is 13.8 Å². The Morgan fingerprint density at radius 3 is 2.31 bits per heavy atom. The summed E-state index contributed by atoms with van der Waals surface area (Å²) < 4.78 is 79.6. The van der Waals surface area contributed by atoms with Crippen molar-refractivity contribution in [3.05, 3.63) is 35.2 Å². The molecule has 1 N–H and O–H groups in total. The van der Waals surface area contributed by atoms with E-state index in [1.54, 1.807) is 4.90 Å². The van der Waals surface area contributed by atoms with Crippen molar-refractivity contribution in [1.29, 1.82) is 0 Å². The fourth-order valence-electron chi connectivity index (χ4n) is 5.41. The highest BCUT2D eigenvalue weighted by Crippen LogP contribution is 2.52. The molecule has 1 amide bonds. The Morgan fingerprint density at radius 1 is 1.14 bits per heavy atom. The van der Waals surface area contributed by atoms with Gasteiger partial charge < -0.3 is 19.4 Å². The summed E-state index contributed by atoms with van der Waals surface area (Å²) >= 11 is 0. The predicted octanol–water partition coefficient (Wildman–Crippen LogP) is 6.11. The number of amides is 1. The molecule has 2 saturated carbocycles. The van der Waals surface area contributed by atoms with Crippen LogP contribution in [0.3, 0.4) is 0 Å². The van der Waals surface area contributed by atoms with Crippen LogP contribution in [0.4, 0.5) is 33.7 Å². The van der Waals surface area contributed by atoms with Crippen LogP contribution in [0.1, 0.15) is 62.2 Å². The molecular weight excluding hydrogens is 485 g/mol. The SMILES string of the molecule is CCC1(CC)CN(c2nc(C(=O)Nc3cc(F)c(OC4CC5C[C@@H]5C4)c(F)c3)c(CC(F)(F)F)o2)C1. The topological polar surface area (TPSA) is 67.6 Å². The number of nitrogens with zero attached hydrogens (tertiary/aromatic N) is 2. The van der Waals surface area contributed by atoms with E-state index in [4.69, 9.17) is 9.15 Å². The summed E-state index contributed by atoms with van der Waals surface area (Å²) in [6.07, 6.45) is -1.97. The first-order chi connectivity index (χ1) is 17.0. The van der Waals surface area contributed by atoms with Crippen molar-refractivity contribution in [3.8, 4) is 5.75 Å². The number of anilines is 2. The molecule has 3 fully saturated rings. The monoisotopic (exact) mass is 513 g/mol. The van der Waals surface area contributed by atoms with Crippen molar-refractivity contribution in [2.75, 3.05) is 23.3 Å². The van der Waals surface area contributed by atoms with E-state index in [-0.39, 0.29) is 23.2 Å². The number of aromatic nitrogens is 1. The summed E-state index contributed by atoms with van der Waals surface area (Å²) in [6.45, 7) is 5.17. The minimum absolute atomic E-state index is 0.0267. The molecule has 6 nitrogen and oxygen atoms in total. The normalized spacial score (nSPS) is 24.3. The third-order valence-corrected chi connectivity index (χ3v) is 7.83. The second-order valence-corrected chi connectivity index (χ2v) is 10.3. The van der Waals surface area contributed by atoms with Gasteiger partial charge in [0.25, 0.3) is 11.9 Å². The molecule has 36 heavy (non-hydrogen) atoms. The lowest BCUT2D eigenvalue weighted by molar-refractivity contribution is -0.130. The zero-order chi connectivity index (χ0) is 25.8. The van der Waals surface area contributed by atoms with Gasteiger partial charge in [-0.05, 0) is 43.9 Å². The summed E-state index contributed by atoms with van der Waals surface area (Å²) in [5.41, 5.74) is -0.808. The van der Waals surface area contributed by atoms with Crippen LogP contribution in [-0.4, -0.2) is 36.3 Å². The van der Waals surface area contributed by atoms with Crippen LogP contribution in [-0.2, 0) is 6.42 Å². The molecular formula is C25H28F5N3O3. The third-order valence-electron chi connectivity index (χ3n) is 7.83. The van der Waals surface area contributed by atoms with Crippen molar-refractivity contribution in [3.63, 3.8) is 0 Å². The van der Waals surface area contributed by atoms with E-state index < -0.39 is 47.3 Å². The minimum Gasteiger partial charge on any atom is -0.484 e. The fourth-order valence-corrected chi connectivity index (χ4v) is 5.41. The van der Waals surface area contributed by atoms with Crippen LogP contribution >= 0.6 is 0 Å². The molecule has 1 aromatic carbocycles. The van der Waals surface area contributed by atoms with Crippen molar-refractivity contribution in [1.82, 2.24) is 4.98 Å². The number of hydrogen-bond acceptors (Lipinski definition) is 5. The quantitative estimate of drug-likeness (QED) is 0.431. The Morgan fingerprint density at radius 2 is 1.75 bits per heavy atom. The Kier molecular flexibility index (Phi) is 6.15. The summed E-state index contributed by atoms with van der Waals surface area (Å²) in [5.74, 6) is -3.10. The lowest BCUT2D eigenvalue weighted by Gasteiger charge is -2.49.